The van der Waals surface area contributed by atoms with Crippen molar-refractivity contribution in [2.75, 3.05) is 25.7 Å². The van der Waals surface area contributed by atoms with E-state index in [1.54, 1.807) is 12.1 Å². The summed E-state index contributed by atoms with van der Waals surface area (Å²) in [6, 6.07) is 6.13. The molecule has 1 aliphatic rings. The molecule has 0 bridgehead atoms. The molecule has 2 aromatic rings. The number of allylic oxidation sites excluding steroid dienone is 2. The summed E-state index contributed by atoms with van der Waals surface area (Å²) in [6.45, 7) is 8.18. The quantitative estimate of drug-likeness (QED) is 0.351. The SMILES string of the molecule is CCN1C(C)=C(C)SC(C)(c2ccc([N+](=O)[O-])cc2)c2oc(C(=O)OC)c(C(=O)OC)c21. The van der Waals surface area contributed by atoms with Crippen LogP contribution < -0.4 is 4.90 Å². The topological polar surface area (TPSA) is 112 Å². The van der Waals surface area contributed by atoms with E-state index in [-0.39, 0.29) is 17.0 Å². The Morgan fingerprint density at radius 1 is 1.16 bits per heavy atom. The van der Waals surface area contributed by atoms with Crippen molar-refractivity contribution < 1.29 is 28.4 Å². The predicted octanol–water partition coefficient (Wildman–Crippen LogP) is 4.85. The second-order valence-electron chi connectivity index (χ2n) is 7.29. The first-order valence-electron chi connectivity index (χ1n) is 9.83. The number of carbonyl (C=O) groups is 2. The van der Waals surface area contributed by atoms with Gasteiger partial charge in [-0.3, -0.25) is 10.1 Å². The number of ether oxygens (including phenoxy) is 2. The number of anilines is 1. The third-order valence-electron chi connectivity index (χ3n) is 5.56. The standard InChI is InChI=1S/C22H24N2O7S/c1-7-23-12(2)13(3)32-22(4,14-8-10-15(11-9-14)24(27)28)19-17(23)16(20(25)29-5)18(31-19)21(26)30-6/h8-11H,7H2,1-6H3. The van der Waals surface area contributed by atoms with Gasteiger partial charge < -0.3 is 18.8 Å². The summed E-state index contributed by atoms with van der Waals surface area (Å²) in [4.78, 5) is 38.9. The molecule has 3 rings (SSSR count). The van der Waals surface area contributed by atoms with E-state index in [2.05, 4.69) is 0 Å². The molecular formula is C22H24N2O7S. The Morgan fingerprint density at radius 3 is 2.25 bits per heavy atom. The maximum absolute atomic E-state index is 12.8. The minimum atomic E-state index is -0.908. The monoisotopic (exact) mass is 460 g/mol. The Balaban J connectivity index is 2.40. The number of furan rings is 1. The maximum atomic E-state index is 12.8. The van der Waals surface area contributed by atoms with Gasteiger partial charge in [0.1, 0.15) is 21.8 Å². The van der Waals surface area contributed by atoms with Gasteiger partial charge >= 0.3 is 11.9 Å². The van der Waals surface area contributed by atoms with Gasteiger partial charge in [0.05, 0.1) is 19.1 Å². The van der Waals surface area contributed by atoms with Gasteiger partial charge in [0.15, 0.2) is 0 Å². The maximum Gasteiger partial charge on any atom is 0.374 e. The summed E-state index contributed by atoms with van der Waals surface area (Å²) >= 11 is 1.48. The first-order chi connectivity index (χ1) is 15.1. The number of nitrogens with zero attached hydrogens (tertiary/aromatic N) is 2. The highest BCUT2D eigenvalue weighted by molar-refractivity contribution is 8.04. The van der Waals surface area contributed by atoms with Crippen LogP contribution in [-0.2, 0) is 14.2 Å². The number of benzene rings is 1. The Hall–Kier alpha value is -3.27. The molecule has 0 N–H and O–H groups in total. The molecule has 9 nitrogen and oxygen atoms in total. The van der Waals surface area contributed by atoms with Crippen LogP contribution >= 0.6 is 11.8 Å². The summed E-state index contributed by atoms with van der Waals surface area (Å²) in [7, 11) is 2.43. The van der Waals surface area contributed by atoms with Crippen molar-refractivity contribution >= 4 is 35.1 Å². The zero-order valence-electron chi connectivity index (χ0n) is 18.7. The van der Waals surface area contributed by atoms with Gasteiger partial charge in [0.25, 0.3) is 5.69 Å². The number of thioether (sulfide) groups is 1. The zero-order valence-corrected chi connectivity index (χ0v) is 19.5. The average molecular weight is 461 g/mol. The number of hydrogen-bond acceptors (Lipinski definition) is 9. The molecular weight excluding hydrogens is 436 g/mol. The van der Waals surface area contributed by atoms with Gasteiger partial charge in [-0.15, -0.1) is 11.8 Å². The van der Waals surface area contributed by atoms with E-state index >= 15 is 0 Å². The van der Waals surface area contributed by atoms with Crippen molar-refractivity contribution in [3.05, 3.63) is 67.6 Å². The number of methoxy groups -OCH3 is 2. The molecule has 0 spiro atoms. The van der Waals surface area contributed by atoms with Crippen molar-refractivity contribution in [3.63, 3.8) is 0 Å². The summed E-state index contributed by atoms with van der Waals surface area (Å²) in [5.41, 5.74) is 1.95. The Kier molecular flexibility index (Phi) is 6.36. The van der Waals surface area contributed by atoms with Crippen molar-refractivity contribution in [1.29, 1.82) is 0 Å². The summed E-state index contributed by atoms with van der Waals surface area (Å²) in [5, 5.41) is 11.1. The summed E-state index contributed by atoms with van der Waals surface area (Å²) < 4.78 is 15.0. The second-order valence-corrected chi connectivity index (χ2v) is 8.93. The van der Waals surface area contributed by atoms with Gasteiger partial charge in [-0.2, -0.15) is 0 Å². The van der Waals surface area contributed by atoms with Gasteiger partial charge in [-0.05, 0) is 33.3 Å². The zero-order chi connectivity index (χ0) is 23.8. The van der Waals surface area contributed by atoms with Crippen molar-refractivity contribution in [2.24, 2.45) is 0 Å². The molecule has 1 atom stereocenters. The van der Waals surface area contributed by atoms with Crippen LogP contribution in [0.25, 0.3) is 0 Å². The fourth-order valence-electron chi connectivity index (χ4n) is 3.80. The molecule has 0 fully saturated rings. The lowest BCUT2D eigenvalue weighted by molar-refractivity contribution is -0.384. The third kappa shape index (κ3) is 3.64. The molecule has 10 heteroatoms. The molecule has 170 valence electrons. The molecule has 1 aliphatic heterocycles. The molecule has 0 amide bonds. The van der Waals surface area contributed by atoms with Gasteiger partial charge in [0.2, 0.25) is 5.76 Å². The number of nitro benzene ring substituents is 1. The van der Waals surface area contributed by atoms with Gasteiger partial charge in [0, 0.05) is 29.3 Å². The van der Waals surface area contributed by atoms with Gasteiger partial charge in [-0.25, -0.2) is 9.59 Å². The number of esters is 2. The smallest absolute Gasteiger partial charge is 0.374 e. The van der Waals surface area contributed by atoms with Crippen LogP contribution in [0.1, 0.15) is 59.9 Å². The van der Waals surface area contributed by atoms with E-state index in [1.165, 1.54) is 38.1 Å². The number of rotatable bonds is 5. The molecule has 0 aliphatic carbocycles. The van der Waals surface area contributed by atoms with Gasteiger partial charge in [-0.1, -0.05) is 12.1 Å². The molecule has 1 aromatic heterocycles. The first-order valence-corrected chi connectivity index (χ1v) is 10.6. The molecule has 0 radical (unpaired) electrons. The minimum Gasteiger partial charge on any atom is -0.465 e. The molecule has 0 saturated carbocycles. The largest absolute Gasteiger partial charge is 0.465 e. The van der Waals surface area contributed by atoms with Crippen LogP contribution in [0.5, 0.6) is 0 Å². The minimum absolute atomic E-state index is 0.0148. The van der Waals surface area contributed by atoms with Crippen LogP contribution in [0.2, 0.25) is 0 Å². The predicted molar refractivity (Wildman–Crippen MR) is 120 cm³/mol. The number of nitro groups is 1. The van der Waals surface area contributed by atoms with Crippen LogP contribution in [-0.4, -0.2) is 37.6 Å². The highest BCUT2D eigenvalue weighted by Gasteiger charge is 2.45. The van der Waals surface area contributed by atoms with E-state index in [0.29, 0.717) is 23.6 Å². The molecule has 2 heterocycles. The number of non-ortho nitro benzene ring substituents is 1. The fourth-order valence-corrected chi connectivity index (χ4v) is 5.16. The Labute approximate surface area is 189 Å². The lowest BCUT2D eigenvalue weighted by atomic mass is 9.94. The molecule has 32 heavy (non-hydrogen) atoms. The molecule has 1 unspecified atom stereocenters. The van der Waals surface area contributed by atoms with Crippen molar-refractivity contribution in [1.82, 2.24) is 0 Å². The third-order valence-corrected chi connectivity index (χ3v) is 6.99. The highest BCUT2D eigenvalue weighted by atomic mass is 32.2. The van der Waals surface area contributed by atoms with Crippen molar-refractivity contribution in [2.45, 2.75) is 32.4 Å². The normalized spacial score (nSPS) is 18.1. The molecule has 0 saturated heterocycles. The lowest BCUT2D eigenvalue weighted by Crippen LogP contribution is -2.25. The summed E-state index contributed by atoms with van der Waals surface area (Å²) in [5.74, 6) is -1.42. The lowest BCUT2D eigenvalue weighted by Gasteiger charge is -2.28. The van der Waals surface area contributed by atoms with Crippen LogP contribution in [0, 0.1) is 10.1 Å². The van der Waals surface area contributed by atoms with Crippen LogP contribution in [0.15, 0.2) is 39.3 Å². The average Bonchev–Trinajstić information content (AvgIpc) is 3.16. The highest BCUT2D eigenvalue weighted by Crippen LogP contribution is 2.55. The van der Waals surface area contributed by atoms with Crippen molar-refractivity contribution in [3.8, 4) is 0 Å². The summed E-state index contributed by atoms with van der Waals surface area (Å²) in [6.07, 6.45) is 0. The van der Waals surface area contributed by atoms with Crippen LogP contribution in [0.4, 0.5) is 11.4 Å². The van der Waals surface area contributed by atoms with E-state index in [4.69, 9.17) is 13.9 Å². The first kappa shape index (κ1) is 23.4. The van der Waals surface area contributed by atoms with E-state index in [1.807, 2.05) is 32.6 Å². The van der Waals surface area contributed by atoms with E-state index in [0.717, 1.165) is 10.6 Å². The van der Waals surface area contributed by atoms with Crippen LogP contribution in [0.3, 0.4) is 0 Å². The number of fused-ring (bicyclic) bond motifs is 1. The van der Waals surface area contributed by atoms with E-state index in [9.17, 15) is 19.7 Å². The second kappa shape index (κ2) is 8.70. The Morgan fingerprint density at radius 2 is 1.75 bits per heavy atom. The number of hydrogen-bond donors (Lipinski definition) is 0. The fraction of sp³-hybridized carbons (Fsp3) is 0.364. The van der Waals surface area contributed by atoms with E-state index < -0.39 is 21.6 Å². The Bertz CT molecular complexity index is 1120. The number of carbonyl (C=O) groups excluding carboxylic acids is 2. The molecule has 1 aromatic carbocycles.